The van der Waals surface area contributed by atoms with Gasteiger partial charge in [-0.05, 0) is 30.7 Å². The van der Waals surface area contributed by atoms with Gasteiger partial charge in [0.15, 0.2) is 0 Å². The first-order chi connectivity index (χ1) is 11.6. The first kappa shape index (κ1) is 17.5. The standard InChI is InChI=1S/C18H21N3O3/c1-3-4-9-17(22)21-16-11-10-13(12-19-16)20-15-8-6-5-7-14(15)18(23)24-2/h5-8,10-12,20H,3-4,9H2,1-2H3,(H,19,21,22). The Kier molecular flexibility index (Phi) is 6.31. The van der Waals surface area contributed by atoms with Crippen molar-refractivity contribution in [1.29, 1.82) is 0 Å². The van der Waals surface area contributed by atoms with Crippen molar-refractivity contribution in [3.05, 3.63) is 48.2 Å². The van der Waals surface area contributed by atoms with Crippen LogP contribution in [0.1, 0.15) is 36.5 Å². The highest BCUT2D eigenvalue weighted by molar-refractivity contribution is 5.96. The summed E-state index contributed by atoms with van der Waals surface area (Å²) in [6.45, 7) is 2.04. The van der Waals surface area contributed by atoms with E-state index in [-0.39, 0.29) is 5.91 Å². The second-order valence-corrected chi connectivity index (χ2v) is 5.25. The lowest BCUT2D eigenvalue weighted by Crippen LogP contribution is -2.12. The largest absolute Gasteiger partial charge is 0.465 e. The van der Waals surface area contributed by atoms with Crippen LogP contribution in [0, 0.1) is 0 Å². The molecule has 1 heterocycles. The van der Waals surface area contributed by atoms with Crippen molar-refractivity contribution >= 4 is 29.1 Å². The van der Waals surface area contributed by atoms with E-state index in [4.69, 9.17) is 4.74 Å². The number of ether oxygens (including phenoxy) is 1. The van der Waals surface area contributed by atoms with Crippen LogP contribution < -0.4 is 10.6 Å². The molecule has 0 unspecified atom stereocenters. The van der Waals surface area contributed by atoms with Gasteiger partial charge in [-0.25, -0.2) is 9.78 Å². The Balaban J connectivity index is 2.05. The van der Waals surface area contributed by atoms with Crippen LogP contribution >= 0.6 is 0 Å². The Bertz CT molecular complexity index is 699. The number of methoxy groups -OCH3 is 1. The van der Waals surface area contributed by atoms with Crippen molar-refractivity contribution in [2.24, 2.45) is 0 Å². The normalized spacial score (nSPS) is 10.1. The molecule has 6 heteroatoms. The molecular formula is C18H21N3O3. The van der Waals surface area contributed by atoms with E-state index in [0.717, 1.165) is 12.8 Å². The third-order valence-electron chi connectivity index (χ3n) is 3.40. The number of unbranched alkanes of at least 4 members (excludes halogenated alkanes) is 1. The summed E-state index contributed by atoms with van der Waals surface area (Å²) in [5.41, 5.74) is 1.78. The van der Waals surface area contributed by atoms with Gasteiger partial charge in [-0.15, -0.1) is 0 Å². The third-order valence-corrected chi connectivity index (χ3v) is 3.40. The van der Waals surface area contributed by atoms with Gasteiger partial charge < -0.3 is 15.4 Å². The molecule has 2 aromatic rings. The van der Waals surface area contributed by atoms with Crippen molar-refractivity contribution in [3.63, 3.8) is 0 Å². The van der Waals surface area contributed by atoms with Crippen molar-refractivity contribution in [3.8, 4) is 0 Å². The second-order valence-electron chi connectivity index (χ2n) is 5.25. The minimum absolute atomic E-state index is 0.0407. The fourth-order valence-corrected chi connectivity index (χ4v) is 2.12. The van der Waals surface area contributed by atoms with Gasteiger partial charge in [0.05, 0.1) is 30.2 Å². The van der Waals surface area contributed by atoms with E-state index in [1.165, 1.54) is 7.11 Å². The molecular weight excluding hydrogens is 306 g/mol. The quantitative estimate of drug-likeness (QED) is 0.757. The molecule has 0 aliphatic carbocycles. The molecule has 6 nitrogen and oxygen atoms in total. The lowest BCUT2D eigenvalue weighted by atomic mass is 10.1. The van der Waals surface area contributed by atoms with E-state index < -0.39 is 5.97 Å². The summed E-state index contributed by atoms with van der Waals surface area (Å²) >= 11 is 0. The molecule has 0 atom stereocenters. The summed E-state index contributed by atoms with van der Waals surface area (Å²) in [6.07, 6.45) is 3.92. The topological polar surface area (TPSA) is 80.3 Å². The molecule has 1 aromatic carbocycles. The van der Waals surface area contributed by atoms with E-state index in [9.17, 15) is 9.59 Å². The van der Waals surface area contributed by atoms with Crippen LogP contribution in [-0.2, 0) is 9.53 Å². The molecule has 0 fully saturated rings. The summed E-state index contributed by atoms with van der Waals surface area (Å²) in [5.74, 6) is 0.0508. The average Bonchev–Trinajstić information content (AvgIpc) is 2.61. The highest BCUT2D eigenvalue weighted by Crippen LogP contribution is 2.21. The fraction of sp³-hybridized carbons (Fsp3) is 0.278. The van der Waals surface area contributed by atoms with E-state index in [1.807, 2.05) is 13.0 Å². The molecule has 1 aromatic heterocycles. The van der Waals surface area contributed by atoms with E-state index >= 15 is 0 Å². The van der Waals surface area contributed by atoms with Gasteiger partial charge in [-0.3, -0.25) is 4.79 Å². The summed E-state index contributed by atoms with van der Waals surface area (Å²) in [6, 6.07) is 10.6. The smallest absolute Gasteiger partial charge is 0.339 e. The highest BCUT2D eigenvalue weighted by atomic mass is 16.5. The Hall–Kier alpha value is -2.89. The number of anilines is 3. The zero-order chi connectivity index (χ0) is 17.4. The van der Waals surface area contributed by atoms with Crippen LogP contribution in [-0.4, -0.2) is 24.0 Å². The van der Waals surface area contributed by atoms with E-state index in [2.05, 4.69) is 15.6 Å². The first-order valence-electron chi connectivity index (χ1n) is 7.84. The molecule has 2 rings (SSSR count). The van der Waals surface area contributed by atoms with Crippen LogP contribution in [0.4, 0.5) is 17.2 Å². The predicted molar refractivity (Wildman–Crippen MR) is 93.5 cm³/mol. The number of amides is 1. The molecule has 0 saturated heterocycles. The molecule has 126 valence electrons. The molecule has 0 saturated carbocycles. The number of hydrogen-bond donors (Lipinski definition) is 2. The number of rotatable bonds is 7. The second kappa shape index (κ2) is 8.67. The number of nitrogens with zero attached hydrogens (tertiary/aromatic N) is 1. The Labute approximate surface area is 141 Å². The molecule has 0 spiro atoms. The lowest BCUT2D eigenvalue weighted by Gasteiger charge is -2.11. The fourth-order valence-electron chi connectivity index (χ4n) is 2.12. The maximum Gasteiger partial charge on any atom is 0.339 e. The van der Waals surface area contributed by atoms with Gasteiger partial charge in [-0.1, -0.05) is 25.5 Å². The van der Waals surface area contributed by atoms with Gasteiger partial charge in [0.1, 0.15) is 5.82 Å². The van der Waals surface area contributed by atoms with Gasteiger partial charge in [0, 0.05) is 6.42 Å². The highest BCUT2D eigenvalue weighted by Gasteiger charge is 2.11. The minimum atomic E-state index is -0.411. The number of aromatic nitrogens is 1. The van der Waals surface area contributed by atoms with Crippen molar-refractivity contribution in [2.45, 2.75) is 26.2 Å². The number of esters is 1. The molecule has 0 aliphatic rings. The number of carbonyl (C=O) groups excluding carboxylic acids is 2. The van der Waals surface area contributed by atoms with Crippen LogP contribution in [0.15, 0.2) is 42.6 Å². The maximum absolute atomic E-state index is 11.8. The Morgan fingerprint density at radius 3 is 2.62 bits per heavy atom. The predicted octanol–water partition coefficient (Wildman–Crippen LogP) is 3.74. The van der Waals surface area contributed by atoms with E-state index in [1.54, 1.807) is 36.5 Å². The number of para-hydroxylation sites is 1. The number of nitrogens with one attached hydrogen (secondary N) is 2. The third kappa shape index (κ3) is 4.81. The zero-order valence-electron chi connectivity index (χ0n) is 13.8. The number of benzene rings is 1. The van der Waals surface area contributed by atoms with Gasteiger partial charge in [0.2, 0.25) is 5.91 Å². The Morgan fingerprint density at radius 2 is 1.96 bits per heavy atom. The summed E-state index contributed by atoms with van der Waals surface area (Å²) < 4.78 is 4.77. The summed E-state index contributed by atoms with van der Waals surface area (Å²) in [4.78, 5) is 27.6. The number of pyridine rings is 1. The van der Waals surface area contributed by atoms with Gasteiger partial charge in [0.25, 0.3) is 0 Å². The monoisotopic (exact) mass is 327 g/mol. The van der Waals surface area contributed by atoms with Crippen molar-refractivity contribution in [2.75, 3.05) is 17.7 Å². The molecule has 0 radical (unpaired) electrons. The van der Waals surface area contributed by atoms with Crippen molar-refractivity contribution in [1.82, 2.24) is 4.98 Å². The van der Waals surface area contributed by atoms with Crippen molar-refractivity contribution < 1.29 is 14.3 Å². The van der Waals surface area contributed by atoms with Crippen LogP contribution in [0.25, 0.3) is 0 Å². The summed E-state index contributed by atoms with van der Waals surface area (Å²) in [5, 5.41) is 5.88. The van der Waals surface area contributed by atoms with Crippen LogP contribution in [0.3, 0.4) is 0 Å². The van der Waals surface area contributed by atoms with Gasteiger partial charge >= 0.3 is 5.97 Å². The average molecular weight is 327 g/mol. The van der Waals surface area contributed by atoms with Crippen LogP contribution in [0.5, 0.6) is 0 Å². The van der Waals surface area contributed by atoms with E-state index in [0.29, 0.717) is 29.2 Å². The molecule has 2 N–H and O–H groups in total. The molecule has 24 heavy (non-hydrogen) atoms. The number of carbonyl (C=O) groups is 2. The van der Waals surface area contributed by atoms with Gasteiger partial charge in [-0.2, -0.15) is 0 Å². The molecule has 1 amide bonds. The molecule has 0 bridgehead atoms. The first-order valence-corrected chi connectivity index (χ1v) is 7.84. The molecule has 0 aliphatic heterocycles. The number of hydrogen-bond acceptors (Lipinski definition) is 5. The lowest BCUT2D eigenvalue weighted by molar-refractivity contribution is -0.116. The summed E-state index contributed by atoms with van der Waals surface area (Å²) in [7, 11) is 1.34. The SMILES string of the molecule is CCCCC(=O)Nc1ccc(Nc2ccccc2C(=O)OC)cn1. The minimum Gasteiger partial charge on any atom is -0.465 e. The maximum atomic E-state index is 11.8. The Morgan fingerprint density at radius 1 is 1.17 bits per heavy atom. The zero-order valence-corrected chi connectivity index (χ0v) is 13.8. The van der Waals surface area contributed by atoms with Crippen LogP contribution in [0.2, 0.25) is 0 Å².